The summed E-state index contributed by atoms with van der Waals surface area (Å²) in [6.45, 7) is 0. The number of halogens is 2. The smallest absolute Gasteiger partial charge is 0.248 e. The monoisotopic (exact) mass is 307 g/mol. The van der Waals surface area contributed by atoms with E-state index in [2.05, 4.69) is 5.32 Å². The van der Waals surface area contributed by atoms with Crippen LogP contribution in [0.5, 0.6) is 5.75 Å². The molecule has 20 heavy (non-hydrogen) atoms. The zero-order chi connectivity index (χ0) is 14.5. The van der Waals surface area contributed by atoms with E-state index in [9.17, 15) is 9.90 Å². The minimum absolute atomic E-state index is 0.0776. The van der Waals surface area contributed by atoms with Crippen molar-refractivity contribution in [1.29, 1.82) is 0 Å². The van der Waals surface area contributed by atoms with Gasteiger partial charge in [0.15, 0.2) is 0 Å². The highest BCUT2D eigenvalue weighted by Crippen LogP contribution is 2.26. The number of phenolic OH excluding ortho intramolecular Hbond substituents is 1. The number of anilines is 1. The topological polar surface area (TPSA) is 49.3 Å². The summed E-state index contributed by atoms with van der Waals surface area (Å²) in [4.78, 5) is 11.7. The van der Waals surface area contributed by atoms with Gasteiger partial charge in [0.2, 0.25) is 5.91 Å². The molecule has 2 aromatic carbocycles. The van der Waals surface area contributed by atoms with E-state index in [1.807, 2.05) is 0 Å². The van der Waals surface area contributed by atoms with Crippen LogP contribution in [0.25, 0.3) is 6.08 Å². The third-order valence-corrected chi connectivity index (χ3v) is 3.08. The minimum atomic E-state index is -0.304. The van der Waals surface area contributed by atoms with Crippen LogP contribution in [0.15, 0.2) is 48.5 Å². The summed E-state index contributed by atoms with van der Waals surface area (Å²) >= 11 is 11.5. The number of phenols is 1. The second-order valence-electron chi connectivity index (χ2n) is 4.04. The number of carbonyl (C=O) groups is 1. The van der Waals surface area contributed by atoms with Gasteiger partial charge in [0.05, 0.1) is 5.02 Å². The lowest BCUT2D eigenvalue weighted by Gasteiger charge is -2.03. The van der Waals surface area contributed by atoms with E-state index in [-0.39, 0.29) is 16.7 Å². The molecule has 2 N–H and O–H groups in total. The van der Waals surface area contributed by atoms with Gasteiger partial charge in [0.1, 0.15) is 5.75 Å². The van der Waals surface area contributed by atoms with Crippen molar-refractivity contribution in [2.24, 2.45) is 0 Å². The Labute approximate surface area is 126 Å². The molecule has 0 saturated heterocycles. The fourth-order valence-electron chi connectivity index (χ4n) is 1.52. The Morgan fingerprint density at radius 2 is 1.80 bits per heavy atom. The molecule has 2 aromatic rings. The van der Waals surface area contributed by atoms with Gasteiger partial charge in [0, 0.05) is 22.9 Å². The van der Waals surface area contributed by atoms with Crippen LogP contribution in [0.1, 0.15) is 5.56 Å². The summed E-state index contributed by atoms with van der Waals surface area (Å²) in [6, 6.07) is 11.6. The molecule has 0 aliphatic carbocycles. The first-order chi connectivity index (χ1) is 9.54. The lowest BCUT2D eigenvalue weighted by Crippen LogP contribution is -2.07. The molecule has 0 unspecified atom stereocenters. The van der Waals surface area contributed by atoms with Gasteiger partial charge in [0.25, 0.3) is 0 Å². The number of benzene rings is 2. The highest BCUT2D eigenvalue weighted by atomic mass is 35.5. The van der Waals surface area contributed by atoms with Gasteiger partial charge in [-0.1, -0.05) is 35.3 Å². The third kappa shape index (κ3) is 4.02. The molecule has 0 saturated carbocycles. The zero-order valence-corrected chi connectivity index (χ0v) is 11.8. The Kier molecular flexibility index (Phi) is 4.66. The number of hydrogen-bond donors (Lipinski definition) is 2. The van der Waals surface area contributed by atoms with Crippen molar-refractivity contribution in [1.82, 2.24) is 0 Å². The fraction of sp³-hybridized carbons (Fsp3) is 0. The largest absolute Gasteiger partial charge is 0.506 e. The van der Waals surface area contributed by atoms with E-state index < -0.39 is 0 Å². The summed E-state index contributed by atoms with van der Waals surface area (Å²) in [6.07, 6.45) is 3.07. The Hall–Kier alpha value is -1.97. The molecule has 0 aromatic heterocycles. The van der Waals surface area contributed by atoms with Crippen molar-refractivity contribution in [2.75, 3.05) is 5.32 Å². The quantitative estimate of drug-likeness (QED) is 0.828. The van der Waals surface area contributed by atoms with Gasteiger partial charge in [-0.2, -0.15) is 0 Å². The van der Waals surface area contributed by atoms with Crippen LogP contribution in [-0.4, -0.2) is 11.0 Å². The molecule has 0 fully saturated rings. The summed E-state index contributed by atoms with van der Waals surface area (Å²) in [5.74, 6) is -0.382. The van der Waals surface area contributed by atoms with Crippen molar-refractivity contribution in [3.8, 4) is 5.75 Å². The van der Waals surface area contributed by atoms with Gasteiger partial charge in [-0.05, 0) is 35.9 Å². The summed E-state index contributed by atoms with van der Waals surface area (Å²) in [5, 5.41) is 12.9. The SMILES string of the molecule is O=C(C=Cc1ccc(Cl)cc1)Nc1ccc(Cl)c(O)c1. The van der Waals surface area contributed by atoms with E-state index in [1.165, 1.54) is 18.2 Å². The van der Waals surface area contributed by atoms with Crippen LogP contribution < -0.4 is 5.32 Å². The van der Waals surface area contributed by atoms with Crippen LogP contribution >= 0.6 is 23.2 Å². The number of nitrogens with one attached hydrogen (secondary N) is 1. The lowest BCUT2D eigenvalue weighted by molar-refractivity contribution is -0.111. The zero-order valence-electron chi connectivity index (χ0n) is 10.3. The average molecular weight is 308 g/mol. The van der Waals surface area contributed by atoms with Crippen molar-refractivity contribution >= 4 is 40.9 Å². The molecular weight excluding hydrogens is 297 g/mol. The minimum Gasteiger partial charge on any atom is -0.506 e. The first kappa shape index (κ1) is 14.4. The molecular formula is C15H11Cl2NO2. The molecule has 0 aliphatic heterocycles. The number of carbonyl (C=O) groups excluding carboxylic acids is 1. The molecule has 5 heteroatoms. The van der Waals surface area contributed by atoms with Crippen LogP contribution in [0.2, 0.25) is 10.0 Å². The molecule has 2 rings (SSSR count). The van der Waals surface area contributed by atoms with Gasteiger partial charge in [-0.25, -0.2) is 0 Å². The van der Waals surface area contributed by atoms with E-state index >= 15 is 0 Å². The van der Waals surface area contributed by atoms with Gasteiger partial charge >= 0.3 is 0 Å². The maximum absolute atomic E-state index is 11.7. The first-order valence-corrected chi connectivity index (χ1v) is 6.53. The van der Waals surface area contributed by atoms with Crippen LogP contribution in [0.4, 0.5) is 5.69 Å². The van der Waals surface area contributed by atoms with E-state index in [4.69, 9.17) is 23.2 Å². The Morgan fingerprint density at radius 1 is 1.10 bits per heavy atom. The molecule has 0 radical (unpaired) electrons. The molecule has 3 nitrogen and oxygen atoms in total. The molecule has 0 bridgehead atoms. The summed E-state index contributed by atoms with van der Waals surface area (Å²) in [7, 11) is 0. The van der Waals surface area contributed by atoms with Crippen LogP contribution in [0.3, 0.4) is 0 Å². The van der Waals surface area contributed by atoms with Crippen LogP contribution in [-0.2, 0) is 4.79 Å². The fourth-order valence-corrected chi connectivity index (χ4v) is 1.76. The Bertz CT molecular complexity index is 651. The first-order valence-electron chi connectivity index (χ1n) is 5.78. The normalized spacial score (nSPS) is 10.7. The predicted molar refractivity (Wildman–Crippen MR) is 82.2 cm³/mol. The number of hydrogen-bond acceptors (Lipinski definition) is 2. The van der Waals surface area contributed by atoms with Gasteiger partial charge < -0.3 is 10.4 Å². The molecule has 0 atom stereocenters. The molecule has 0 aliphatic rings. The highest BCUT2D eigenvalue weighted by molar-refractivity contribution is 6.32. The van der Waals surface area contributed by atoms with E-state index in [0.29, 0.717) is 10.7 Å². The number of aromatic hydroxyl groups is 1. The standard InChI is InChI=1S/C15H11Cl2NO2/c16-11-4-1-10(2-5-11)3-8-15(20)18-12-6-7-13(17)14(19)9-12/h1-9,19H,(H,18,20). The van der Waals surface area contributed by atoms with Gasteiger partial charge in [-0.3, -0.25) is 4.79 Å². The van der Waals surface area contributed by atoms with Crippen molar-refractivity contribution in [2.45, 2.75) is 0 Å². The van der Waals surface area contributed by atoms with E-state index in [1.54, 1.807) is 36.4 Å². The average Bonchev–Trinajstić information content (AvgIpc) is 2.42. The molecule has 102 valence electrons. The van der Waals surface area contributed by atoms with E-state index in [0.717, 1.165) is 5.56 Å². The summed E-state index contributed by atoms with van der Waals surface area (Å²) in [5.41, 5.74) is 1.33. The number of rotatable bonds is 3. The second-order valence-corrected chi connectivity index (χ2v) is 4.88. The molecule has 0 heterocycles. The lowest BCUT2D eigenvalue weighted by atomic mass is 10.2. The maximum atomic E-state index is 11.7. The Balaban J connectivity index is 2.01. The van der Waals surface area contributed by atoms with Gasteiger partial charge in [-0.15, -0.1) is 0 Å². The summed E-state index contributed by atoms with van der Waals surface area (Å²) < 4.78 is 0. The molecule has 0 spiro atoms. The molecule has 1 amide bonds. The van der Waals surface area contributed by atoms with Crippen LogP contribution in [0, 0.1) is 0 Å². The van der Waals surface area contributed by atoms with Crippen molar-refractivity contribution < 1.29 is 9.90 Å². The van der Waals surface area contributed by atoms with Crippen molar-refractivity contribution in [3.63, 3.8) is 0 Å². The highest BCUT2D eigenvalue weighted by Gasteiger charge is 2.02. The van der Waals surface area contributed by atoms with Crippen molar-refractivity contribution in [3.05, 3.63) is 64.1 Å². The maximum Gasteiger partial charge on any atom is 0.248 e. The predicted octanol–water partition coefficient (Wildman–Crippen LogP) is 4.35. The third-order valence-electron chi connectivity index (χ3n) is 2.51. The number of amides is 1. The second kappa shape index (κ2) is 6.46. The Morgan fingerprint density at radius 3 is 2.45 bits per heavy atom.